The van der Waals surface area contributed by atoms with Gasteiger partial charge in [-0.15, -0.1) is 12.6 Å². The van der Waals surface area contributed by atoms with E-state index in [1.807, 2.05) is 19.1 Å². The van der Waals surface area contributed by atoms with E-state index in [0.29, 0.717) is 0 Å². The van der Waals surface area contributed by atoms with Gasteiger partial charge in [-0.05, 0) is 37.1 Å². The van der Waals surface area contributed by atoms with E-state index in [9.17, 15) is 4.79 Å². The van der Waals surface area contributed by atoms with E-state index in [2.05, 4.69) is 12.6 Å². The van der Waals surface area contributed by atoms with Gasteiger partial charge in [0.25, 0.3) is 0 Å². The van der Waals surface area contributed by atoms with Gasteiger partial charge in [0.1, 0.15) is 0 Å². The van der Waals surface area contributed by atoms with Gasteiger partial charge in [0.05, 0.1) is 5.92 Å². The SMILES string of the molecule is Cc1ccc(S)cc1C(C)C(=O)O. The summed E-state index contributed by atoms with van der Waals surface area (Å²) in [5.74, 6) is -1.27. The van der Waals surface area contributed by atoms with Crippen molar-refractivity contribution in [3.8, 4) is 0 Å². The number of aliphatic carboxylic acids is 1. The number of benzene rings is 1. The van der Waals surface area contributed by atoms with Crippen LogP contribution in [-0.4, -0.2) is 11.1 Å². The first-order valence-corrected chi connectivity index (χ1v) is 4.49. The minimum atomic E-state index is -0.804. The lowest BCUT2D eigenvalue weighted by Crippen LogP contribution is -2.08. The predicted molar refractivity (Wildman–Crippen MR) is 54.5 cm³/mol. The molecule has 0 fully saturated rings. The first kappa shape index (κ1) is 10.1. The summed E-state index contributed by atoms with van der Waals surface area (Å²) >= 11 is 4.17. The summed E-state index contributed by atoms with van der Waals surface area (Å²) in [5, 5.41) is 8.83. The van der Waals surface area contributed by atoms with Crippen LogP contribution in [0, 0.1) is 6.92 Å². The quantitative estimate of drug-likeness (QED) is 0.713. The number of hydrogen-bond donors (Lipinski definition) is 2. The monoisotopic (exact) mass is 196 g/mol. The topological polar surface area (TPSA) is 37.3 Å². The maximum atomic E-state index is 10.7. The number of thiol groups is 1. The van der Waals surface area contributed by atoms with Crippen molar-refractivity contribution in [2.24, 2.45) is 0 Å². The molecule has 0 amide bonds. The zero-order valence-corrected chi connectivity index (χ0v) is 8.51. The van der Waals surface area contributed by atoms with Gasteiger partial charge in [0.2, 0.25) is 0 Å². The van der Waals surface area contributed by atoms with Crippen molar-refractivity contribution < 1.29 is 9.90 Å². The minimum Gasteiger partial charge on any atom is -0.481 e. The average Bonchev–Trinajstić information content (AvgIpc) is 2.08. The van der Waals surface area contributed by atoms with Crippen LogP contribution in [0.15, 0.2) is 23.1 Å². The molecule has 3 heteroatoms. The largest absolute Gasteiger partial charge is 0.481 e. The van der Waals surface area contributed by atoms with Gasteiger partial charge in [-0.2, -0.15) is 0 Å². The van der Waals surface area contributed by atoms with Crippen molar-refractivity contribution in [3.05, 3.63) is 29.3 Å². The van der Waals surface area contributed by atoms with Gasteiger partial charge in [-0.1, -0.05) is 6.07 Å². The summed E-state index contributed by atoms with van der Waals surface area (Å²) < 4.78 is 0. The van der Waals surface area contributed by atoms with Crippen LogP contribution in [0.5, 0.6) is 0 Å². The summed E-state index contributed by atoms with van der Waals surface area (Å²) in [6.07, 6.45) is 0. The molecular formula is C10H12O2S. The Labute approximate surface area is 83.0 Å². The lowest BCUT2D eigenvalue weighted by Gasteiger charge is -2.10. The number of carboxylic acid groups (broad SMARTS) is 1. The molecule has 0 radical (unpaired) electrons. The van der Waals surface area contributed by atoms with Crippen LogP contribution in [-0.2, 0) is 4.79 Å². The summed E-state index contributed by atoms with van der Waals surface area (Å²) in [4.78, 5) is 11.5. The highest BCUT2D eigenvalue weighted by Gasteiger charge is 2.15. The second kappa shape index (κ2) is 3.83. The predicted octanol–water partition coefficient (Wildman–Crippen LogP) is 2.47. The Hall–Kier alpha value is -0.960. The molecule has 0 saturated carbocycles. The van der Waals surface area contributed by atoms with Crippen molar-refractivity contribution in [1.82, 2.24) is 0 Å². The summed E-state index contributed by atoms with van der Waals surface area (Å²) in [5.41, 5.74) is 1.83. The Kier molecular flexibility index (Phi) is 2.98. The van der Waals surface area contributed by atoms with Gasteiger partial charge < -0.3 is 5.11 Å². The molecule has 0 aliphatic carbocycles. The molecule has 1 aromatic carbocycles. The summed E-state index contributed by atoms with van der Waals surface area (Å²) in [6.45, 7) is 3.58. The van der Waals surface area contributed by atoms with Gasteiger partial charge in [-0.3, -0.25) is 4.79 Å². The van der Waals surface area contributed by atoms with E-state index in [1.54, 1.807) is 13.0 Å². The Bertz CT molecular complexity index is 334. The maximum absolute atomic E-state index is 10.7. The van der Waals surface area contributed by atoms with Crippen LogP contribution in [0.2, 0.25) is 0 Å². The molecule has 0 spiro atoms. The van der Waals surface area contributed by atoms with Gasteiger partial charge in [-0.25, -0.2) is 0 Å². The van der Waals surface area contributed by atoms with Crippen LogP contribution in [0.1, 0.15) is 24.0 Å². The molecule has 2 nitrogen and oxygen atoms in total. The molecule has 0 saturated heterocycles. The van der Waals surface area contributed by atoms with Crippen molar-refractivity contribution in [1.29, 1.82) is 0 Å². The van der Waals surface area contributed by atoms with E-state index in [1.165, 1.54) is 0 Å². The standard InChI is InChI=1S/C10H12O2S/c1-6-3-4-8(13)5-9(6)7(2)10(11)12/h3-5,7,13H,1-2H3,(H,11,12). The third-order valence-corrected chi connectivity index (χ3v) is 2.38. The zero-order valence-electron chi connectivity index (χ0n) is 7.61. The molecule has 0 aliphatic heterocycles. The van der Waals surface area contributed by atoms with Gasteiger partial charge >= 0.3 is 5.97 Å². The fourth-order valence-electron chi connectivity index (χ4n) is 1.23. The number of hydrogen-bond acceptors (Lipinski definition) is 2. The summed E-state index contributed by atoms with van der Waals surface area (Å²) in [7, 11) is 0. The lowest BCUT2D eigenvalue weighted by atomic mass is 9.97. The van der Waals surface area contributed by atoms with Crippen LogP contribution in [0.25, 0.3) is 0 Å². The Morgan fingerprint density at radius 1 is 1.54 bits per heavy atom. The molecule has 70 valence electrons. The zero-order chi connectivity index (χ0) is 10.0. The molecule has 1 rings (SSSR count). The second-order valence-corrected chi connectivity index (χ2v) is 3.62. The number of carbonyl (C=O) groups is 1. The molecule has 1 N–H and O–H groups in total. The van der Waals surface area contributed by atoms with Crippen molar-refractivity contribution in [2.45, 2.75) is 24.7 Å². The first-order chi connectivity index (χ1) is 6.02. The van der Waals surface area contributed by atoms with Crippen LogP contribution in [0.4, 0.5) is 0 Å². The Balaban J connectivity index is 3.12. The van der Waals surface area contributed by atoms with Crippen LogP contribution < -0.4 is 0 Å². The fourth-order valence-corrected chi connectivity index (χ4v) is 1.44. The van der Waals surface area contributed by atoms with Crippen molar-refractivity contribution in [3.63, 3.8) is 0 Å². The molecule has 0 heterocycles. The lowest BCUT2D eigenvalue weighted by molar-refractivity contribution is -0.138. The second-order valence-electron chi connectivity index (χ2n) is 3.10. The van der Waals surface area contributed by atoms with Crippen LogP contribution >= 0.6 is 12.6 Å². The van der Waals surface area contributed by atoms with Gasteiger partial charge in [0, 0.05) is 4.90 Å². The van der Waals surface area contributed by atoms with E-state index in [4.69, 9.17) is 5.11 Å². The minimum absolute atomic E-state index is 0.466. The van der Waals surface area contributed by atoms with E-state index < -0.39 is 11.9 Å². The van der Waals surface area contributed by atoms with E-state index >= 15 is 0 Å². The van der Waals surface area contributed by atoms with Crippen molar-refractivity contribution in [2.75, 3.05) is 0 Å². The maximum Gasteiger partial charge on any atom is 0.310 e. The van der Waals surface area contributed by atoms with Gasteiger partial charge in [0.15, 0.2) is 0 Å². The van der Waals surface area contributed by atoms with Crippen LogP contribution in [0.3, 0.4) is 0 Å². The Morgan fingerprint density at radius 3 is 2.69 bits per heavy atom. The molecule has 0 aliphatic rings. The normalized spacial score (nSPS) is 12.5. The average molecular weight is 196 g/mol. The Morgan fingerprint density at radius 2 is 2.15 bits per heavy atom. The molecule has 1 atom stereocenters. The molecular weight excluding hydrogens is 184 g/mol. The fraction of sp³-hybridized carbons (Fsp3) is 0.300. The number of carboxylic acids is 1. The molecule has 1 unspecified atom stereocenters. The highest BCUT2D eigenvalue weighted by Crippen LogP contribution is 2.22. The smallest absolute Gasteiger partial charge is 0.310 e. The molecule has 0 bridgehead atoms. The first-order valence-electron chi connectivity index (χ1n) is 4.04. The highest BCUT2D eigenvalue weighted by atomic mass is 32.1. The molecule has 13 heavy (non-hydrogen) atoms. The third kappa shape index (κ3) is 2.25. The molecule has 1 aromatic rings. The highest BCUT2D eigenvalue weighted by molar-refractivity contribution is 7.80. The van der Waals surface area contributed by atoms with Crippen molar-refractivity contribution >= 4 is 18.6 Å². The number of rotatable bonds is 2. The third-order valence-electron chi connectivity index (χ3n) is 2.10. The number of aryl methyl sites for hydroxylation is 1. The van der Waals surface area contributed by atoms with E-state index in [-0.39, 0.29) is 0 Å². The summed E-state index contributed by atoms with van der Waals surface area (Å²) in [6, 6.07) is 5.55. The molecule has 0 aromatic heterocycles. The van der Waals surface area contributed by atoms with E-state index in [0.717, 1.165) is 16.0 Å².